The van der Waals surface area contributed by atoms with Gasteiger partial charge in [0.05, 0.1) is 46.1 Å². The lowest BCUT2D eigenvalue weighted by Crippen LogP contribution is -3.15. The van der Waals surface area contributed by atoms with Crippen molar-refractivity contribution >= 4 is 17.3 Å². The minimum atomic E-state index is -0.0142. The van der Waals surface area contributed by atoms with Crippen LogP contribution >= 0.6 is 0 Å². The van der Waals surface area contributed by atoms with Crippen LogP contribution in [0.2, 0.25) is 0 Å². The Labute approximate surface area is 154 Å². The standard InChI is InChI=1S/C20H25N3O3/c1-25-17-8-9-19(26-2)18(14-17)21-20(24)15-22-10-12-23(13-11-22)16-6-4-3-5-7-16/h3-9,14H,10-13,15H2,1-2H3,(H,21,24)/p+1. The van der Waals surface area contributed by atoms with E-state index in [0.717, 1.165) is 26.2 Å². The maximum Gasteiger partial charge on any atom is 0.279 e. The van der Waals surface area contributed by atoms with Crippen molar-refractivity contribution in [2.45, 2.75) is 0 Å². The van der Waals surface area contributed by atoms with Gasteiger partial charge in [0, 0.05) is 11.8 Å². The van der Waals surface area contributed by atoms with Gasteiger partial charge in [-0.05, 0) is 24.3 Å². The topological polar surface area (TPSA) is 55.2 Å². The fourth-order valence-electron chi connectivity index (χ4n) is 3.23. The second-order valence-corrected chi connectivity index (χ2v) is 6.36. The molecular weight excluding hydrogens is 330 g/mol. The summed E-state index contributed by atoms with van der Waals surface area (Å²) in [5, 5.41) is 2.95. The monoisotopic (exact) mass is 356 g/mol. The molecule has 2 aromatic rings. The summed E-state index contributed by atoms with van der Waals surface area (Å²) in [4.78, 5) is 16.1. The van der Waals surface area contributed by atoms with E-state index in [1.807, 2.05) is 12.1 Å². The number of benzene rings is 2. The number of methoxy groups -OCH3 is 2. The zero-order valence-corrected chi connectivity index (χ0v) is 15.3. The van der Waals surface area contributed by atoms with E-state index in [-0.39, 0.29) is 5.91 Å². The number of piperazine rings is 1. The molecule has 6 nitrogen and oxygen atoms in total. The third kappa shape index (κ3) is 4.46. The maximum absolute atomic E-state index is 12.5. The highest BCUT2D eigenvalue weighted by molar-refractivity contribution is 5.93. The quantitative estimate of drug-likeness (QED) is 0.812. The fraction of sp³-hybridized carbons (Fsp3) is 0.350. The van der Waals surface area contributed by atoms with Crippen molar-refractivity contribution in [1.29, 1.82) is 0 Å². The van der Waals surface area contributed by atoms with Crippen LogP contribution in [0.5, 0.6) is 11.5 Å². The fourth-order valence-corrected chi connectivity index (χ4v) is 3.23. The Balaban J connectivity index is 1.53. The van der Waals surface area contributed by atoms with Crippen molar-refractivity contribution in [3.05, 3.63) is 48.5 Å². The average molecular weight is 356 g/mol. The van der Waals surface area contributed by atoms with Crippen molar-refractivity contribution in [1.82, 2.24) is 0 Å². The summed E-state index contributed by atoms with van der Waals surface area (Å²) in [5.74, 6) is 1.30. The molecule has 0 unspecified atom stereocenters. The van der Waals surface area contributed by atoms with Gasteiger partial charge in [-0.2, -0.15) is 0 Å². The predicted octanol–water partition coefficient (Wildman–Crippen LogP) is 1.05. The van der Waals surface area contributed by atoms with Crippen molar-refractivity contribution in [2.75, 3.05) is 57.2 Å². The Bertz CT molecular complexity index is 728. The number of quaternary nitrogens is 1. The third-order valence-corrected chi connectivity index (χ3v) is 4.68. The molecule has 0 radical (unpaired) electrons. The van der Waals surface area contributed by atoms with Crippen molar-refractivity contribution in [2.24, 2.45) is 0 Å². The molecule has 0 aromatic heterocycles. The second kappa shape index (κ2) is 8.58. The molecule has 1 heterocycles. The molecule has 0 saturated carbocycles. The summed E-state index contributed by atoms with van der Waals surface area (Å²) in [6.07, 6.45) is 0. The van der Waals surface area contributed by atoms with Gasteiger partial charge in [-0.1, -0.05) is 18.2 Å². The van der Waals surface area contributed by atoms with Crippen LogP contribution in [0.4, 0.5) is 11.4 Å². The van der Waals surface area contributed by atoms with Crippen molar-refractivity contribution < 1.29 is 19.2 Å². The molecule has 0 bridgehead atoms. The number of amides is 1. The molecule has 1 aliphatic heterocycles. The molecule has 0 spiro atoms. The molecule has 26 heavy (non-hydrogen) atoms. The predicted molar refractivity (Wildman–Crippen MR) is 102 cm³/mol. The van der Waals surface area contributed by atoms with Gasteiger partial charge in [-0.3, -0.25) is 4.79 Å². The Morgan fingerprint density at radius 3 is 2.46 bits per heavy atom. The van der Waals surface area contributed by atoms with E-state index in [2.05, 4.69) is 34.5 Å². The molecule has 6 heteroatoms. The minimum Gasteiger partial charge on any atom is -0.497 e. The van der Waals surface area contributed by atoms with E-state index in [9.17, 15) is 4.79 Å². The van der Waals surface area contributed by atoms with E-state index >= 15 is 0 Å². The number of hydrogen-bond acceptors (Lipinski definition) is 4. The number of rotatable bonds is 6. The highest BCUT2D eigenvalue weighted by Crippen LogP contribution is 2.28. The number of carbonyl (C=O) groups is 1. The summed E-state index contributed by atoms with van der Waals surface area (Å²) in [6.45, 7) is 4.24. The van der Waals surface area contributed by atoms with E-state index in [4.69, 9.17) is 9.47 Å². The number of anilines is 2. The summed E-state index contributed by atoms with van der Waals surface area (Å²) < 4.78 is 10.5. The first-order valence-electron chi connectivity index (χ1n) is 8.85. The molecule has 2 aromatic carbocycles. The zero-order valence-electron chi connectivity index (χ0n) is 15.3. The molecule has 138 valence electrons. The number of ether oxygens (including phenoxy) is 2. The van der Waals surface area contributed by atoms with Crippen LogP contribution < -0.4 is 24.6 Å². The van der Waals surface area contributed by atoms with Crippen LogP contribution in [0.1, 0.15) is 0 Å². The lowest BCUT2D eigenvalue weighted by atomic mass is 10.2. The molecule has 3 rings (SSSR count). The Kier molecular flexibility index (Phi) is 5.96. The van der Waals surface area contributed by atoms with Crippen molar-refractivity contribution in [3.8, 4) is 11.5 Å². The average Bonchev–Trinajstić information content (AvgIpc) is 2.69. The van der Waals surface area contributed by atoms with E-state index < -0.39 is 0 Å². The van der Waals surface area contributed by atoms with E-state index in [1.54, 1.807) is 26.4 Å². The Hall–Kier alpha value is -2.73. The van der Waals surface area contributed by atoms with Crippen LogP contribution in [0.3, 0.4) is 0 Å². The Morgan fingerprint density at radius 2 is 1.81 bits per heavy atom. The first-order valence-corrected chi connectivity index (χ1v) is 8.85. The highest BCUT2D eigenvalue weighted by atomic mass is 16.5. The molecule has 0 atom stereocenters. The molecule has 1 saturated heterocycles. The van der Waals surface area contributed by atoms with Crippen LogP contribution in [-0.2, 0) is 4.79 Å². The van der Waals surface area contributed by atoms with E-state index in [1.165, 1.54) is 10.6 Å². The minimum absolute atomic E-state index is 0.0142. The van der Waals surface area contributed by atoms with Crippen LogP contribution in [0, 0.1) is 0 Å². The molecule has 1 aliphatic rings. The van der Waals surface area contributed by atoms with Gasteiger partial charge in [-0.25, -0.2) is 0 Å². The molecule has 1 fully saturated rings. The van der Waals surface area contributed by atoms with Crippen LogP contribution in [0.15, 0.2) is 48.5 Å². The SMILES string of the molecule is COc1ccc(OC)c(NC(=O)C[NH+]2CCN(c3ccccc3)CC2)c1. The largest absolute Gasteiger partial charge is 0.497 e. The van der Waals surface area contributed by atoms with Gasteiger partial charge in [-0.15, -0.1) is 0 Å². The first kappa shape index (κ1) is 18.1. The molecule has 0 aliphatic carbocycles. The highest BCUT2D eigenvalue weighted by Gasteiger charge is 2.22. The maximum atomic E-state index is 12.5. The van der Waals surface area contributed by atoms with Gasteiger partial charge in [0.1, 0.15) is 11.5 Å². The van der Waals surface area contributed by atoms with Gasteiger partial charge in [0.2, 0.25) is 0 Å². The summed E-state index contributed by atoms with van der Waals surface area (Å²) in [7, 11) is 3.19. The number of para-hydroxylation sites is 1. The lowest BCUT2D eigenvalue weighted by molar-refractivity contribution is -0.892. The zero-order chi connectivity index (χ0) is 18.4. The smallest absolute Gasteiger partial charge is 0.279 e. The number of carbonyl (C=O) groups excluding carboxylic acids is 1. The molecule has 1 amide bonds. The van der Waals surface area contributed by atoms with Gasteiger partial charge >= 0.3 is 0 Å². The first-order chi connectivity index (χ1) is 12.7. The third-order valence-electron chi connectivity index (χ3n) is 4.68. The second-order valence-electron chi connectivity index (χ2n) is 6.36. The van der Waals surface area contributed by atoms with Gasteiger partial charge in [0.25, 0.3) is 5.91 Å². The summed E-state index contributed by atoms with van der Waals surface area (Å²) in [5.41, 5.74) is 1.89. The van der Waals surface area contributed by atoms with Crippen LogP contribution in [-0.4, -0.2) is 52.9 Å². The molecule has 2 N–H and O–H groups in total. The van der Waals surface area contributed by atoms with Crippen molar-refractivity contribution in [3.63, 3.8) is 0 Å². The number of nitrogens with zero attached hydrogens (tertiary/aromatic N) is 1. The number of nitrogens with one attached hydrogen (secondary N) is 2. The molecular formula is C20H26N3O3+. The summed E-state index contributed by atoms with van der Waals surface area (Å²) in [6, 6.07) is 15.8. The van der Waals surface area contributed by atoms with Gasteiger partial charge in [0.15, 0.2) is 6.54 Å². The lowest BCUT2D eigenvalue weighted by Gasteiger charge is -2.33. The Morgan fingerprint density at radius 1 is 1.08 bits per heavy atom. The normalized spacial score (nSPS) is 14.8. The van der Waals surface area contributed by atoms with Gasteiger partial charge < -0.3 is 24.6 Å². The van der Waals surface area contributed by atoms with E-state index in [0.29, 0.717) is 23.7 Å². The number of hydrogen-bond donors (Lipinski definition) is 2. The summed E-state index contributed by atoms with van der Waals surface area (Å²) >= 11 is 0. The van der Waals surface area contributed by atoms with Crippen LogP contribution in [0.25, 0.3) is 0 Å².